The summed E-state index contributed by atoms with van der Waals surface area (Å²) in [5.41, 5.74) is 0. The topological polar surface area (TPSA) is 23.6 Å². The SMILES string of the molecule is C=C(F)C(=O)N1CCN(C(C)C)C[C@@H]1C(F)(F)F. The fraction of sp³-hybridized carbons (Fsp3) is 0.727. The van der Waals surface area contributed by atoms with Crippen LogP contribution < -0.4 is 0 Å². The Morgan fingerprint density at radius 1 is 1.33 bits per heavy atom. The van der Waals surface area contributed by atoms with Gasteiger partial charge in [-0.25, -0.2) is 4.39 Å². The molecule has 0 radical (unpaired) electrons. The summed E-state index contributed by atoms with van der Waals surface area (Å²) in [5, 5.41) is 0. The highest BCUT2D eigenvalue weighted by Crippen LogP contribution is 2.29. The fourth-order valence-electron chi connectivity index (χ4n) is 1.95. The van der Waals surface area contributed by atoms with Gasteiger partial charge in [0.05, 0.1) is 0 Å². The predicted molar refractivity (Wildman–Crippen MR) is 58.5 cm³/mol. The molecule has 1 amide bonds. The molecule has 0 spiro atoms. The highest BCUT2D eigenvalue weighted by molar-refractivity contribution is 5.91. The van der Waals surface area contributed by atoms with E-state index in [4.69, 9.17) is 0 Å². The van der Waals surface area contributed by atoms with Crippen LogP contribution in [0.4, 0.5) is 17.6 Å². The van der Waals surface area contributed by atoms with E-state index in [1.54, 1.807) is 18.7 Å². The molecule has 1 saturated heterocycles. The molecule has 3 nitrogen and oxygen atoms in total. The number of alkyl halides is 3. The van der Waals surface area contributed by atoms with Crippen LogP contribution in [0.25, 0.3) is 0 Å². The van der Waals surface area contributed by atoms with Gasteiger partial charge in [0.1, 0.15) is 6.04 Å². The molecule has 1 atom stereocenters. The number of hydrogen-bond donors (Lipinski definition) is 0. The van der Waals surface area contributed by atoms with Gasteiger partial charge in [-0.2, -0.15) is 13.2 Å². The average Bonchev–Trinajstić information content (AvgIpc) is 2.25. The molecule has 104 valence electrons. The summed E-state index contributed by atoms with van der Waals surface area (Å²) in [6, 6.07) is -2.03. The minimum atomic E-state index is -4.57. The van der Waals surface area contributed by atoms with Crippen molar-refractivity contribution in [1.82, 2.24) is 9.80 Å². The molecule has 18 heavy (non-hydrogen) atoms. The molecule has 0 saturated carbocycles. The molecule has 0 aromatic heterocycles. The van der Waals surface area contributed by atoms with Crippen LogP contribution in [0.1, 0.15) is 13.8 Å². The Hall–Kier alpha value is -1.11. The van der Waals surface area contributed by atoms with E-state index < -0.39 is 24.0 Å². The van der Waals surface area contributed by atoms with Crippen LogP contribution in [-0.4, -0.2) is 53.6 Å². The van der Waals surface area contributed by atoms with Gasteiger partial charge in [-0.05, 0) is 13.8 Å². The van der Waals surface area contributed by atoms with Gasteiger partial charge in [0.15, 0.2) is 5.83 Å². The van der Waals surface area contributed by atoms with E-state index in [0.717, 1.165) is 0 Å². The zero-order valence-electron chi connectivity index (χ0n) is 10.3. The number of amides is 1. The van der Waals surface area contributed by atoms with Crippen molar-refractivity contribution < 1.29 is 22.4 Å². The maximum absolute atomic E-state index is 12.9. The Kier molecular flexibility index (Phi) is 4.37. The number of carbonyl (C=O) groups is 1. The normalized spacial score (nSPS) is 22.4. The summed E-state index contributed by atoms with van der Waals surface area (Å²) in [4.78, 5) is 13.5. The van der Waals surface area contributed by atoms with Crippen LogP contribution >= 0.6 is 0 Å². The van der Waals surface area contributed by atoms with E-state index >= 15 is 0 Å². The molecule has 1 heterocycles. The largest absolute Gasteiger partial charge is 0.410 e. The third kappa shape index (κ3) is 3.22. The van der Waals surface area contributed by atoms with Gasteiger partial charge in [-0.3, -0.25) is 9.69 Å². The molecule has 1 aliphatic heterocycles. The second-order valence-electron chi connectivity index (χ2n) is 4.55. The Labute approximate surface area is 103 Å². The summed E-state index contributed by atoms with van der Waals surface area (Å²) >= 11 is 0. The molecule has 0 N–H and O–H groups in total. The van der Waals surface area contributed by atoms with Crippen LogP contribution in [0.2, 0.25) is 0 Å². The molecule has 7 heteroatoms. The van der Waals surface area contributed by atoms with Crippen molar-refractivity contribution in [3.63, 3.8) is 0 Å². The third-order valence-electron chi connectivity index (χ3n) is 3.01. The molecule has 0 unspecified atom stereocenters. The van der Waals surface area contributed by atoms with Crippen LogP contribution in [0.15, 0.2) is 12.4 Å². The van der Waals surface area contributed by atoms with E-state index in [1.165, 1.54) is 0 Å². The first-order valence-corrected chi connectivity index (χ1v) is 5.60. The number of rotatable bonds is 2. The molecule has 0 aromatic carbocycles. The standard InChI is InChI=1S/C11H16F4N2O/c1-7(2)16-4-5-17(10(18)8(3)12)9(6-16)11(13,14)15/h7,9H,3-6H2,1-2H3/t9-/m1/s1. The number of piperazine rings is 1. The van der Waals surface area contributed by atoms with Crippen LogP contribution in [0, 0.1) is 0 Å². The van der Waals surface area contributed by atoms with Crippen LogP contribution in [0.3, 0.4) is 0 Å². The minimum absolute atomic E-state index is 0.0549. The zero-order chi connectivity index (χ0) is 14.1. The van der Waals surface area contributed by atoms with Crippen molar-refractivity contribution >= 4 is 5.91 Å². The van der Waals surface area contributed by atoms with Gasteiger partial charge >= 0.3 is 6.18 Å². The van der Waals surface area contributed by atoms with Gasteiger partial charge in [0.25, 0.3) is 5.91 Å². The van der Waals surface area contributed by atoms with Gasteiger partial charge in [0, 0.05) is 25.7 Å². The van der Waals surface area contributed by atoms with Gasteiger partial charge < -0.3 is 4.90 Å². The Morgan fingerprint density at radius 2 is 1.89 bits per heavy atom. The first-order chi connectivity index (χ1) is 8.14. The lowest BCUT2D eigenvalue weighted by molar-refractivity contribution is -0.201. The Balaban J connectivity index is 2.92. The van der Waals surface area contributed by atoms with E-state index in [1.807, 2.05) is 0 Å². The van der Waals surface area contributed by atoms with E-state index in [2.05, 4.69) is 6.58 Å². The molecule has 1 rings (SSSR count). The first kappa shape index (κ1) is 14.9. The van der Waals surface area contributed by atoms with E-state index in [0.29, 0.717) is 11.4 Å². The summed E-state index contributed by atoms with van der Waals surface area (Å²) < 4.78 is 51.4. The lowest BCUT2D eigenvalue weighted by Crippen LogP contribution is -2.61. The van der Waals surface area contributed by atoms with Gasteiger partial charge in [-0.15, -0.1) is 0 Å². The maximum Gasteiger partial charge on any atom is 0.410 e. The van der Waals surface area contributed by atoms with E-state index in [9.17, 15) is 22.4 Å². The lowest BCUT2D eigenvalue weighted by Gasteiger charge is -2.43. The third-order valence-corrected chi connectivity index (χ3v) is 3.01. The highest BCUT2D eigenvalue weighted by Gasteiger charge is 2.48. The van der Waals surface area contributed by atoms with Gasteiger partial charge in [0.2, 0.25) is 0 Å². The summed E-state index contributed by atoms with van der Waals surface area (Å²) in [7, 11) is 0. The van der Waals surface area contributed by atoms with Crippen molar-refractivity contribution in [3.05, 3.63) is 12.4 Å². The smallest absolute Gasteiger partial charge is 0.322 e. The molecule has 0 bridgehead atoms. The number of halogens is 4. The number of hydrogen-bond acceptors (Lipinski definition) is 2. The molecular formula is C11H16F4N2O. The Morgan fingerprint density at radius 3 is 2.28 bits per heavy atom. The minimum Gasteiger partial charge on any atom is -0.322 e. The quantitative estimate of drug-likeness (QED) is 0.564. The van der Waals surface area contributed by atoms with Crippen molar-refractivity contribution in [1.29, 1.82) is 0 Å². The monoisotopic (exact) mass is 268 g/mol. The van der Waals surface area contributed by atoms with E-state index in [-0.39, 0.29) is 19.1 Å². The highest BCUT2D eigenvalue weighted by atomic mass is 19.4. The zero-order valence-corrected chi connectivity index (χ0v) is 10.3. The number of nitrogens with zero attached hydrogens (tertiary/aromatic N) is 2. The Bertz CT molecular complexity index is 340. The molecule has 1 fully saturated rings. The van der Waals surface area contributed by atoms with Gasteiger partial charge in [-0.1, -0.05) is 6.58 Å². The molecule has 0 aromatic rings. The van der Waals surface area contributed by atoms with Crippen molar-refractivity contribution in [2.75, 3.05) is 19.6 Å². The maximum atomic E-state index is 12.9. The second kappa shape index (κ2) is 5.26. The summed E-state index contributed by atoms with van der Waals surface area (Å²) in [6.07, 6.45) is -4.57. The molecule has 1 aliphatic rings. The van der Waals surface area contributed by atoms with Crippen molar-refractivity contribution in [2.45, 2.75) is 32.1 Å². The number of carbonyl (C=O) groups excluding carboxylic acids is 1. The predicted octanol–water partition coefficient (Wildman–Crippen LogP) is 1.95. The summed E-state index contributed by atoms with van der Waals surface area (Å²) in [6.45, 7) is 6.13. The fourth-order valence-corrected chi connectivity index (χ4v) is 1.95. The lowest BCUT2D eigenvalue weighted by atomic mass is 10.1. The average molecular weight is 268 g/mol. The second-order valence-corrected chi connectivity index (χ2v) is 4.55. The van der Waals surface area contributed by atoms with Crippen molar-refractivity contribution in [2.24, 2.45) is 0 Å². The molecular weight excluding hydrogens is 252 g/mol. The first-order valence-electron chi connectivity index (χ1n) is 5.60. The van der Waals surface area contributed by atoms with Crippen LogP contribution in [0.5, 0.6) is 0 Å². The van der Waals surface area contributed by atoms with Crippen LogP contribution in [-0.2, 0) is 4.79 Å². The molecule has 0 aliphatic carbocycles. The summed E-state index contributed by atoms with van der Waals surface area (Å²) in [5.74, 6) is -2.64. The van der Waals surface area contributed by atoms with Crippen molar-refractivity contribution in [3.8, 4) is 0 Å².